The molecule has 0 fully saturated rings. The molecule has 112 valence electrons. The van der Waals surface area contributed by atoms with E-state index in [0.29, 0.717) is 0 Å². The molecule has 0 aliphatic heterocycles. The molecule has 0 aliphatic carbocycles. The summed E-state index contributed by atoms with van der Waals surface area (Å²) in [6.07, 6.45) is 0. The van der Waals surface area contributed by atoms with Crippen LogP contribution in [0.15, 0.2) is 51.8 Å². The summed E-state index contributed by atoms with van der Waals surface area (Å²) in [7, 11) is 0. The Bertz CT molecular complexity index is 607. The summed E-state index contributed by atoms with van der Waals surface area (Å²) in [5, 5.41) is 3.31. The first-order valence-corrected chi connectivity index (χ1v) is 8.45. The van der Waals surface area contributed by atoms with E-state index in [1.807, 2.05) is 31.2 Å². The number of hydrogen-bond donors (Lipinski definition) is 1. The van der Waals surface area contributed by atoms with E-state index in [4.69, 9.17) is 0 Å². The molecule has 21 heavy (non-hydrogen) atoms. The van der Waals surface area contributed by atoms with Crippen molar-refractivity contribution in [1.82, 2.24) is 5.32 Å². The van der Waals surface area contributed by atoms with Crippen molar-refractivity contribution in [2.75, 3.05) is 12.3 Å². The van der Waals surface area contributed by atoms with Crippen LogP contribution >= 0.6 is 27.7 Å². The van der Waals surface area contributed by atoms with Gasteiger partial charge in [0.2, 0.25) is 0 Å². The summed E-state index contributed by atoms with van der Waals surface area (Å²) in [6.45, 7) is 2.76. The molecule has 2 aromatic rings. The molecular formula is C16H16BrF2NS. The van der Waals surface area contributed by atoms with E-state index in [0.717, 1.165) is 27.2 Å². The maximum Gasteiger partial charge on any atom is 0.159 e. The largest absolute Gasteiger partial charge is 0.309 e. The molecule has 2 rings (SSSR count). The number of halogens is 3. The Labute approximate surface area is 136 Å². The lowest BCUT2D eigenvalue weighted by Gasteiger charge is -2.18. The minimum absolute atomic E-state index is 0.0257. The van der Waals surface area contributed by atoms with Gasteiger partial charge in [0.15, 0.2) is 11.6 Å². The summed E-state index contributed by atoms with van der Waals surface area (Å²) in [5.41, 5.74) is 0.760. The predicted octanol–water partition coefficient (Wildman–Crippen LogP) is 5.17. The van der Waals surface area contributed by atoms with Gasteiger partial charge in [-0.1, -0.05) is 25.1 Å². The van der Waals surface area contributed by atoms with Gasteiger partial charge in [0, 0.05) is 21.2 Å². The van der Waals surface area contributed by atoms with Crippen LogP contribution in [0.3, 0.4) is 0 Å². The number of nitrogens with one attached hydrogen (secondary N) is 1. The second-order valence-corrected chi connectivity index (χ2v) is 6.44. The zero-order chi connectivity index (χ0) is 15.2. The van der Waals surface area contributed by atoms with Crippen molar-refractivity contribution >= 4 is 27.7 Å². The van der Waals surface area contributed by atoms with Gasteiger partial charge in [-0.25, -0.2) is 8.78 Å². The van der Waals surface area contributed by atoms with E-state index in [2.05, 4.69) is 21.2 Å². The normalized spacial score (nSPS) is 12.4. The second-order valence-electron chi connectivity index (χ2n) is 4.53. The van der Waals surface area contributed by atoms with Gasteiger partial charge in [0.05, 0.1) is 0 Å². The first kappa shape index (κ1) is 16.5. The van der Waals surface area contributed by atoms with Gasteiger partial charge in [-0.05, 0) is 52.3 Å². The van der Waals surface area contributed by atoms with Gasteiger partial charge in [-0.3, -0.25) is 0 Å². The van der Waals surface area contributed by atoms with E-state index in [1.54, 1.807) is 17.8 Å². The van der Waals surface area contributed by atoms with Crippen molar-refractivity contribution in [3.8, 4) is 0 Å². The van der Waals surface area contributed by atoms with Crippen molar-refractivity contribution in [2.45, 2.75) is 17.9 Å². The maximum atomic E-state index is 13.4. The lowest BCUT2D eigenvalue weighted by molar-refractivity contribution is 0.502. The molecule has 0 aromatic heterocycles. The van der Waals surface area contributed by atoms with E-state index in [1.165, 1.54) is 12.1 Å². The van der Waals surface area contributed by atoms with Crippen LogP contribution in [0, 0.1) is 11.6 Å². The van der Waals surface area contributed by atoms with Crippen LogP contribution in [0.25, 0.3) is 0 Å². The SMILES string of the molecule is CCNC(CSc1ccccc1Br)c1ccc(F)c(F)c1. The molecule has 0 radical (unpaired) electrons. The minimum Gasteiger partial charge on any atom is -0.309 e. The molecule has 2 aromatic carbocycles. The molecule has 1 nitrogen and oxygen atoms in total. The Morgan fingerprint density at radius 1 is 1.14 bits per heavy atom. The molecular weight excluding hydrogens is 356 g/mol. The van der Waals surface area contributed by atoms with Gasteiger partial charge >= 0.3 is 0 Å². The predicted molar refractivity (Wildman–Crippen MR) is 87.6 cm³/mol. The summed E-state index contributed by atoms with van der Waals surface area (Å²) in [6, 6.07) is 12.0. The standard InChI is InChI=1S/C16H16BrF2NS/c1-2-20-15(11-7-8-13(18)14(19)9-11)10-21-16-6-4-3-5-12(16)17/h3-9,15,20H,2,10H2,1H3. The molecule has 1 N–H and O–H groups in total. The van der Waals surface area contributed by atoms with Crippen molar-refractivity contribution in [1.29, 1.82) is 0 Å². The van der Waals surface area contributed by atoms with E-state index >= 15 is 0 Å². The lowest BCUT2D eigenvalue weighted by atomic mass is 10.1. The third kappa shape index (κ3) is 4.53. The van der Waals surface area contributed by atoms with Crippen molar-refractivity contribution in [2.24, 2.45) is 0 Å². The minimum atomic E-state index is -0.813. The smallest absolute Gasteiger partial charge is 0.159 e. The van der Waals surface area contributed by atoms with Gasteiger partial charge in [0.1, 0.15) is 0 Å². The molecule has 1 unspecified atom stereocenters. The van der Waals surface area contributed by atoms with Crippen LogP contribution in [-0.2, 0) is 0 Å². The quantitative estimate of drug-likeness (QED) is 0.702. The fraction of sp³-hybridized carbons (Fsp3) is 0.250. The van der Waals surface area contributed by atoms with Crippen LogP contribution < -0.4 is 5.32 Å². The Balaban J connectivity index is 2.12. The molecule has 0 saturated heterocycles. The van der Waals surface area contributed by atoms with E-state index < -0.39 is 11.6 Å². The zero-order valence-electron chi connectivity index (χ0n) is 11.6. The zero-order valence-corrected chi connectivity index (χ0v) is 14.0. The first-order valence-electron chi connectivity index (χ1n) is 6.67. The fourth-order valence-corrected chi connectivity index (χ4v) is 3.65. The van der Waals surface area contributed by atoms with Gasteiger partial charge < -0.3 is 5.32 Å². The van der Waals surface area contributed by atoms with Crippen LogP contribution in [0.4, 0.5) is 8.78 Å². The lowest BCUT2D eigenvalue weighted by Crippen LogP contribution is -2.23. The Kier molecular flexibility index (Phi) is 6.21. The van der Waals surface area contributed by atoms with Crippen molar-refractivity contribution in [3.05, 3.63) is 64.1 Å². The van der Waals surface area contributed by atoms with Gasteiger partial charge in [-0.15, -0.1) is 11.8 Å². The molecule has 0 amide bonds. The van der Waals surface area contributed by atoms with Crippen molar-refractivity contribution < 1.29 is 8.78 Å². The Morgan fingerprint density at radius 3 is 2.57 bits per heavy atom. The number of thioether (sulfide) groups is 1. The third-order valence-corrected chi connectivity index (χ3v) is 5.16. The number of benzene rings is 2. The highest BCUT2D eigenvalue weighted by atomic mass is 79.9. The molecule has 0 bridgehead atoms. The third-order valence-electron chi connectivity index (χ3n) is 3.04. The maximum absolute atomic E-state index is 13.4. The average Bonchev–Trinajstić information content (AvgIpc) is 2.48. The van der Waals surface area contributed by atoms with Crippen molar-refractivity contribution in [3.63, 3.8) is 0 Å². The van der Waals surface area contributed by atoms with E-state index in [9.17, 15) is 8.78 Å². The second kappa shape index (κ2) is 7.92. The summed E-state index contributed by atoms with van der Waals surface area (Å²) in [4.78, 5) is 1.13. The van der Waals surface area contributed by atoms with Crippen LogP contribution in [0.5, 0.6) is 0 Å². The molecule has 0 spiro atoms. The summed E-state index contributed by atoms with van der Waals surface area (Å²) < 4.78 is 27.5. The summed E-state index contributed by atoms with van der Waals surface area (Å²) in [5.74, 6) is -0.879. The average molecular weight is 372 g/mol. The molecule has 0 heterocycles. The highest BCUT2D eigenvalue weighted by molar-refractivity contribution is 9.10. The van der Waals surface area contributed by atoms with Crippen LogP contribution in [0.1, 0.15) is 18.5 Å². The van der Waals surface area contributed by atoms with Crippen LogP contribution in [-0.4, -0.2) is 12.3 Å². The monoisotopic (exact) mass is 371 g/mol. The van der Waals surface area contributed by atoms with Crippen LogP contribution in [0.2, 0.25) is 0 Å². The fourth-order valence-electron chi connectivity index (χ4n) is 1.98. The Morgan fingerprint density at radius 2 is 1.90 bits per heavy atom. The van der Waals surface area contributed by atoms with E-state index in [-0.39, 0.29) is 6.04 Å². The molecule has 0 aliphatic rings. The molecule has 0 saturated carbocycles. The number of hydrogen-bond acceptors (Lipinski definition) is 2. The van der Waals surface area contributed by atoms with Gasteiger partial charge in [0.25, 0.3) is 0 Å². The first-order chi connectivity index (χ1) is 10.1. The topological polar surface area (TPSA) is 12.0 Å². The molecule has 5 heteroatoms. The Hall–Kier alpha value is -0.910. The highest BCUT2D eigenvalue weighted by Crippen LogP contribution is 2.30. The highest BCUT2D eigenvalue weighted by Gasteiger charge is 2.14. The summed E-state index contributed by atoms with van der Waals surface area (Å²) >= 11 is 5.19. The number of rotatable bonds is 6. The molecule has 1 atom stereocenters. The van der Waals surface area contributed by atoms with Gasteiger partial charge in [-0.2, -0.15) is 0 Å².